The number of nitrogens with two attached hydrogens (primary N) is 1. The molecule has 0 aliphatic rings. The summed E-state index contributed by atoms with van der Waals surface area (Å²) in [5.74, 6) is -0.738. The van der Waals surface area contributed by atoms with Crippen LogP contribution in [-0.2, 0) is 0 Å². The van der Waals surface area contributed by atoms with Crippen LogP contribution in [0.3, 0.4) is 0 Å². The van der Waals surface area contributed by atoms with E-state index in [9.17, 15) is 13.2 Å². The molecule has 0 radical (unpaired) electrons. The average Bonchev–Trinajstić information content (AvgIpc) is 2.17. The van der Waals surface area contributed by atoms with Crippen molar-refractivity contribution < 1.29 is 13.2 Å². The SMILES string of the molecule is N#Cc1cc([C@@H](N)C(F)F)ccc1F. The van der Waals surface area contributed by atoms with Crippen molar-refractivity contribution in [2.45, 2.75) is 12.5 Å². The third-order valence-corrected chi connectivity index (χ3v) is 1.77. The van der Waals surface area contributed by atoms with Gasteiger partial charge < -0.3 is 5.73 Å². The maximum atomic E-state index is 12.8. The second kappa shape index (κ2) is 4.11. The summed E-state index contributed by atoms with van der Waals surface area (Å²) in [5.41, 5.74) is 4.90. The Kier molecular flexibility index (Phi) is 3.10. The van der Waals surface area contributed by atoms with Gasteiger partial charge in [0.25, 0.3) is 6.43 Å². The van der Waals surface area contributed by atoms with E-state index in [0.717, 1.165) is 18.2 Å². The second-order valence-electron chi connectivity index (χ2n) is 2.71. The number of alkyl halides is 2. The zero-order valence-electron chi connectivity index (χ0n) is 7.05. The van der Waals surface area contributed by atoms with E-state index in [-0.39, 0.29) is 11.1 Å². The van der Waals surface area contributed by atoms with Gasteiger partial charge in [-0.05, 0) is 17.7 Å². The van der Waals surface area contributed by atoms with Crippen LogP contribution in [0.4, 0.5) is 13.2 Å². The molecule has 2 N–H and O–H groups in total. The summed E-state index contributed by atoms with van der Waals surface area (Å²) in [6.45, 7) is 0. The lowest BCUT2D eigenvalue weighted by molar-refractivity contribution is 0.116. The third kappa shape index (κ3) is 2.03. The van der Waals surface area contributed by atoms with Crippen LogP contribution >= 0.6 is 0 Å². The van der Waals surface area contributed by atoms with Gasteiger partial charge in [-0.1, -0.05) is 6.07 Å². The predicted molar refractivity (Wildman–Crippen MR) is 44.0 cm³/mol. The van der Waals surface area contributed by atoms with E-state index in [1.54, 1.807) is 6.07 Å². The monoisotopic (exact) mass is 200 g/mol. The molecule has 0 aliphatic heterocycles. The van der Waals surface area contributed by atoms with Crippen molar-refractivity contribution in [3.05, 3.63) is 35.1 Å². The standard InChI is InChI=1S/C9H7F3N2/c10-7-2-1-5(3-6(7)4-13)8(14)9(11)12/h1-3,8-9H,14H2/t8-/m1/s1. The molecule has 1 atom stereocenters. The van der Waals surface area contributed by atoms with Crippen LogP contribution in [0.15, 0.2) is 18.2 Å². The zero-order valence-corrected chi connectivity index (χ0v) is 7.05. The molecule has 1 aromatic carbocycles. The normalized spacial score (nSPS) is 12.6. The summed E-state index contributed by atoms with van der Waals surface area (Å²) in [5, 5.41) is 8.44. The van der Waals surface area contributed by atoms with E-state index >= 15 is 0 Å². The molecular weight excluding hydrogens is 193 g/mol. The Morgan fingerprint density at radius 1 is 1.36 bits per heavy atom. The van der Waals surface area contributed by atoms with Gasteiger partial charge in [0, 0.05) is 0 Å². The smallest absolute Gasteiger partial charge is 0.257 e. The number of nitrogens with zero attached hydrogens (tertiary/aromatic N) is 1. The minimum absolute atomic E-state index is 0.0537. The Balaban J connectivity index is 3.08. The van der Waals surface area contributed by atoms with E-state index in [1.807, 2.05) is 0 Å². The highest BCUT2D eigenvalue weighted by Gasteiger charge is 2.18. The molecular formula is C9H7F3N2. The van der Waals surface area contributed by atoms with Crippen molar-refractivity contribution in [1.29, 1.82) is 5.26 Å². The Morgan fingerprint density at radius 3 is 2.50 bits per heavy atom. The van der Waals surface area contributed by atoms with Crippen LogP contribution in [0.2, 0.25) is 0 Å². The van der Waals surface area contributed by atoms with E-state index in [1.165, 1.54) is 0 Å². The molecule has 0 unspecified atom stereocenters. The molecule has 0 aliphatic carbocycles. The van der Waals surface area contributed by atoms with Gasteiger partial charge >= 0.3 is 0 Å². The molecule has 74 valence electrons. The summed E-state index contributed by atoms with van der Waals surface area (Å²) in [6.07, 6.45) is -2.73. The van der Waals surface area contributed by atoms with Gasteiger partial charge in [-0.15, -0.1) is 0 Å². The van der Waals surface area contributed by atoms with E-state index in [2.05, 4.69) is 0 Å². The predicted octanol–water partition coefficient (Wildman–Crippen LogP) is 1.96. The lowest BCUT2D eigenvalue weighted by atomic mass is 10.1. The van der Waals surface area contributed by atoms with Crippen LogP contribution in [0.25, 0.3) is 0 Å². The van der Waals surface area contributed by atoms with Gasteiger partial charge in [-0.2, -0.15) is 5.26 Å². The summed E-state index contributed by atoms with van der Waals surface area (Å²) < 4.78 is 37.1. The number of benzene rings is 1. The maximum Gasteiger partial charge on any atom is 0.257 e. The number of hydrogen-bond acceptors (Lipinski definition) is 2. The fraction of sp³-hybridized carbons (Fsp3) is 0.222. The van der Waals surface area contributed by atoms with E-state index in [4.69, 9.17) is 11.0 Å². The molecule has 0 aromatic heterocycles. The molecule has 2 nitrogen and oxygen atoms in total. The first kappa shape index (κ1) is 10.5. The first-order valence-electron chi connectivity index (χ1n) is 3.79. The first-order valence-corrected chi connectivity index (χ1v) is 3.79. The number of halogens is 3. The summed E-state index contributed by atoms with van der Waals surface area (Å²) in [6, 6.07) is 3.20. The molecule has 0 saturated heterocycles. The van der Waals surface area contributed by atoms with Gasteiger partial charge in [-0.3, -0.25) is 0 Å². The average molecular weight is 200 g/mol. The summed E-state index contributed by atoms with van der Waals surface area (Å²) >= 11 is 0. The third-order valence-electron chi connectivity index (χ3n) is 1.77. The molecule has 0 amide bonds. The lowest BCUT2D eigenvalue weighted by Gasteiger charge is -2.10. The van der Waals surface area contributed by atoms with Crippen molar-refractivity contribution in [1.82, 2.24) is 0 Å². The van der Waals surface area contributed by atoms with Crippen LogP contribution in [0.1, 0.15) is 17.2 Å². The number of rotatable bonds is 2. The zero-order chi connectivity index (χ0) is 10.7. The van der Waals surface area contributed by atoms with Crippen molar-refractivity contribution >= 4 is 0 Å². The van der Waals surface area contributed by atoms with Gasteiger partial charge in [-0.25, -0.2) is 13.2 Å². The van der Waals surface area contributed by atoms with Crippen LogP contribution < -0.4 is 5.73 Å². The lowest BCUT2D eigenvalue weighted by Crippen LogP contribution is -2.19. The fourth-order valence-electron chi connectivity index (χ4n) is 0.981. The molecule has 1 aromatic rings. The fourth-order valence-corrected chi connectivity index (χ4v) is 0.981. The minimum Gasteiger partial charge on any atom is -0.319 e. The van der Waals surface area contributed by atoms with E-state index in [0.29, 0.717) is 0 Å². The molecule has 14 heavy (non-hydrogen) atoms. The Bertz CT molecular complexity index is 371. The molecule has 0 heterocycles. The summed E-state index contributed by atoms with van der Waals surface area (Å²) in [7, 11) is 0. The van der Waals surface area contributed by atoms with Crippen LogP contribution in [0, 0.1) is 17.1 Å². The Hall–Kier alpha value is -1.54. The Labute approximate surface area is 78.8 Å². The Morgan fingerprint density at radius 2 is 2.00 bits per heavy atom. The molecule has 0 fully saturated rings. The molecule has 1 rings (SSSR count). The van der Waals surface area contributed by atoms with Gasteiger partial charge in [0.15, 0.2) is 0 Å². The molecule has 5 heteroatoms. The minimum atomic E-state index is -2.73. The van der Waals surface area contributed by atoms with Crippen molar-refractivity contribution in [2.75, 3.05) is 0 Å². The number of nitriles is 1. The van der Waals surface area contributed by atoms with E-state index < -0.39 is 18.3 Å². The van der Waals surface area contributed by atoms with Gasteiger partial charge in [0.2, 0.25) is 0 Å². The van der Waals surface area contributed by atoms with Crippen LogP contribution in [-0.4, -0.2) is 6.43 Å². The van der Waals surface area contributed by atoms with Crippen molar-refractivity contribution in [3.63, 3.8) is 0 Å². The highest BCUT2D eigenvalue weighted by molar-refractivity contribution is 5.35. The molecule has 0 bridgehead atoms. The molecule has 0 spiro atoms. The van der Waals surface area contributed by atoms with Crippen molar-refractivity contribution in [3.8, 4) is 6.07 Å². The van der Waals surface area contributed by atoms with Crippen molar-refractivity contribution in [2.24, 2.45) is 5.73 Å². The number of hydrogen-bond donors (Lipinski definition) is 1. The largest absolute Gasteiger partial charge is 0.319 e. The molecule has 0 saturated carbocycles. The highest BCUT2D eigenvalue weighted by atomic mass is 19.3. The first-order chi connectivity index (χ1) is 6.56. The quantitative estimate of drug-likeness (QED) is 0.793. The summed E-state index contributed by atoms with van der Waals surface area (Å²) in [4.78, 5) is 0. The topological polar surface area (TPSA) is 49.8 Å². The second-order valence-corrected chi connectivity index (χ2v) is 2.71. The van der Waals surface area contributed by atoms with Crippen LogP contribution in [0.5, 0.6) is 0 Å². The highest BCUT2D eigenvalue weighted by Crippen LogP contribution is 2.20. The van der Waals surface area contributed by atoms with Gasteiger partial charge in [0.1, 0.15) is 11.9 Å². The maximum absolute atomic E-state index is 12.8. The van der Waals surface area contributed by atoms with Gasteiger partial charge in [0.05, 0.1) is 11.6 Å².